The number of carbonyl (C=O) groups excluding carboxylic acids is 3. The molecule has 1 aliphatic heterocycles. The Balaban J connectivity index is 1.43. The topological polar surface area (TPSA) is 109 Å². The van der Waals surface area contributed by atoms with E-state index in [0.717, 1.165) is 25.9 Å². The maximum atomic E-state index is 12.0. The monoisotopic (exact) mass is 424 g/mol. The van der Waals surface area contributed by atoms with Crippen molar-refractivity contribution in [3.8, 4) is 11.5 Å². The smallest absolute Gasteiger partial charge is 0.329 e. The Labute approximate surface area is 180 Å². The van der Waals surface area contributed by atoms with Gasteiger partial charge in [-0.2, -0.15) is 5.10 Å². The molecule has 2 aromatic rings. The van der Waals surface area contributed by atoms with E-state index in [1.165, 1.54) is 13.3 Å². The lowest BCUT2D eigenvalue weighted by Gasteiger charge is -2.15. The van der Waals surface area contributed by atoms with Gasteiger partial charge in [-0.25, -0.2) is 5.43 Å². The number of carbonyl (C=O) groups is 3. The number of anilines is 1. The summed E-state index contributed by atoms with van der Waals surface area (Å²) in [6.07, 6.45) is 3.48. The number of likely N-dealkylation sites (tertiary alicyclic amines) is 1. The number of hydrazone groups is 1. The number of hydrogen-bond acceptors (Lipinski definition) is 6. The first-order chi connectivity index (χ1) is 15.0. The van der Waals surface area contributed by atoms with Gasteiger partial charge in [-0.15, -0.1) is 0 Å². The van der Waals surface area contributed by atoms with E-state index in [2.05, 4.69) is 15.8 Å². The first-order valence-corrected chi connectivity index (χ1v) is 9.84. The van der Waals surface area contributed by atoms with E-state index in [1.807, 2.05) is 0 Å². The molecule has 3 amide bonds. The Bertz CT molecular complexity index is 953. The van der Waals surface area contributed by atoms with Gasteiger partial charge >= 0.3 is 11.8 Å². The van der Waals surface area contributed by atoms with Crippen molar-refractivity contribution in [3.63, 3.8) is 0 Å². The van der Waals surface area contributed by atoms with Crippen molar-refractivity contribution in [2.75, 3.05) is 32.1 Å². The molecule has 0 bridgehead atoms. The molecule has 9 nitrogen and oxygen atoms in total. The molecule has 31 heavy (non-hydrogen) atoms. The molecule has 3 rings (SSSR count). The highest BCUT2D eigenvalue weighted by atomic mass is 16.5. The highest BCUT2D eigenvalue weighted by Crippen LogP contribution is 2.16. The molecule has 0 aromatic heterocycles. The van der Waals surface area contributed by atoms with Crippen LogP contribution in [0.15, 0.2) is 53.6 Å². The van der Waals surface area contributed by atoms with E-state index in [-0.39, 0.29) is 12.5 Å². The van der Waals surface area contributed by atoms with Crippen LogP contribution in [0.1, 0.15) is 18.4 Å². The predicted octanol–water partition coefficient (Wildman–Crippen LogP) is 1.79. The second-order valence-electron chi connectivity index (χ2n) is 6.83. The van der Waals surface area contributed by atoms with Gasteiger partial charge in [0.15, 0.2) is 6.61 Å². The quantitative estimate of drug-likeness (QED) is 0.400. The molecule has 0 atom stereocenters. The SMILES string of the molecule is COc1cccc(NC(=O)C(=O)N/N=C\c2ccc(OCC(=O)N3CCCC3)cc2)c1. The molecule has 162 valence electrons. The summed E-state index contributed by atoms with van der Waals surface area (Å²) >= 11 is 0. The standard InChI is InChI=1S/C22H24N4O5/c1-30-19-6-4-5-17(13-19)24-21(28)22(29)25-23-14-16-7-9-18(10-8-16)31-15-20(27)26-11-2-3-12-26/h4-10,13-14H,2-3,11-12,15H2,1H3,(H,24,28)(H,25,29)/b23-14-. The van der Waals surface area contributed by atoms with Gasteiger partial charge in [0.1, 0.15) is 11.5 Å². The van der Waals surface area contributed by atoms with Gasteiger partial charge in [0, 0.05) is 24.8 Å². The third-order valence-electron chi connectivity index (χ3n) is 4.61. The number of benzene rings is 2. The van der Waals surface area contributed by atoms with Crippen LogP contribution in [-0.4, -0.2) is 55.6 Å². The lowest BCUT2D eigenvalue weighted by atomic mass is 10.2. The van der Waals surface area contributed by atoms with Crippen LogP contribution in [0.3, 0.4) is 0 Å². The van der Waals surface area contributed by atoms with Gasteiger partial charge in [0.05, 0.1) is 13.3 Å². The van der Waals surface area contributed by atoms with Crippen molar-refractivity contribution < 1.29 is 23.9 Å². The van der Waals surface area contributed by atoms with Crippen molar-refractivity contribution in [1.82, 2.24) is 10.3 Å². The normalized spacial score (nSPS) is 13.1. The maximum absolute atomic E-state index is 12.0. The molecule has 2 aromatic carbocycles. The molecule has 0 spiro atoms. The van der Waals surface area contributed by atoms with E-state index in [9.17, 15) is 14.4 Å². The molecule has 0 radical (unpaired) electrons. The fraction of sp³-hybridized carbons (Fsp3) is 0.273. The van der Waals surface area contributed by atoms with E-state index < -0.39 is 11.8 Å². The van der Waals surface area contributed by atoms with Crippen LogP contribution in [0.25, 0.3) is 0 Å². The Morgan fingerprint density at radius 2 is 1.77 bits per heavy atom. The molecular weight excluding hydrogens is 400 g/mol. The second-order valence-corrected chi connectivity index (χ2v) is 6.83. The average Bonchev–Trinajstić information content (AvgIpc) is 3.33. The van der Waals surface area contributed by atoms with Crippen LogP contribution in [0.5, 0.6) is 11.5 Å². The maximum Gasteiger partial charge on any atom is 0.329 e. The minimum absolute atomic E-state index is 0.00585. The molecule has 0 aliphatic carbocycles. The van der Waals surface area contributed by atoms with Crippen molar-refractivity contribution in [1.29, 1.82) is 0 Å². The van der Waals surface area contributed by atoms with Crippen molar-refractivity contribution >= 4 is 29.6 Å². The van der Waals surface area contributed by atoms with Crippen LogP contribution in [-0.2, 0) is 14.4 Å². The fourth-order valence-electron chi connectivity index (χ4n) is 2.96. The predicted molar refractivity (Wildman–Crippen MR) is 115 cm³/mol. The zero-order valence-corrected chi connectivity index (χ0v) is 17.2. The number of ether oxygens (including phenoxy) is 2. The minimum Gasteiger partial charge on any atom is -0.497 e. The minimum atomic E-state index is -0.903. The Morgan fingerprint density at radius 3 is 2.48 bits per heavy atom. The van der Waals surface area contributed by atoms with Crippen LogP contribution < -0.4 is 20.2 Å². The summed E-state index contributed by atoms with van der Waals surface area (Å²) in [6, 6.07) is 13.5. The third kappa shape index (κ3) is 6.56. The Hall–Kier alpha value is -3.88. The molecule has 0 unspecified atom stereocenters. The van der Waals surface area contributed by atoms with Crippen LogP contribution in [0.4, 0.5) is 5.69 Å². The fourth-order valence-corrected chi connectivity index (χ4v) is 2.96. The summed E-state index contributed by atoms with van der Waals surface area (Å²) in [4.78, 5) is 37.6. The van der Waals surface area contributed by atoms with Gasteiger partial charge in [0.25, 0.3) is 5.91 Å². The molecule has 1 saturated heterocycles. The first-order valence-electron chi connectivity index (χ1n) is 9.84. The second kappa shape index (κ2) is 10.8. The lowest BCUT2D eigenvalue weighted by molar-refractivity contribution is -0.136. The summed E-state index contributed by atoms with van der Waals surface area (Å²) in [5, 5.41) is 6.25. The van der Waals surface area contributed by atoms with Crippen LogP contribution in [0, 0.1) is 0 Å². The number of hydrogen-bond donors (Lipinski definition) is 2. The van der Waals surface area contributed by atoms with Gasteiger partial charge < -0.3 is 19.7 Å². The van der Waals surface area contributed by atoms with E-state index in [0.29, 0.717) is 22.7 Å². The number of rotatable bonds is 7. The van der Waals surface area contributed by atoms with E-state index >= 15 is 0 Å². The zero-order valence-electron chi connectivity index (χ0n) is 17.2. The molecule has 2 N–H and O–H groups in total. The van der Waals surface area contributed by atoms with Crippen molar-refractivity contribution in [3.05, 3.63) is 54.1 Å². The number of methoxy groups -OCH3 is 1. The van der Waals surface area contributed by atoms with Gasteiger partial charge in [-0.3, -0.25) is 14.4 Å². The molecule has 1 aliphatic rings. The molecule has 9 heteroatoms. The molecule has 1 heterocycles. The summed E-state index contributed by atoms with van der Waals surface area (Å²) in [6.45, 7) is 1.59. The van der Waals surface area contributed by atoms with Gasteiger partial charge in [-0.1, -0.05) is 6.07 Å². The summed E-state index contributed by atoms with van der Waals surface area (Å²) in [7, 11) is 1.51. The number of nitrogens with one attached hydrogen (secondary N) is 2. The summed E-state index contributed by atoms with van der Waals surface area (Å²) < 4.78 is 10.6. The van der Waals surface area contributed by atoms with Crippen LogP contribution in [0.2, 0.25) is 0 Å². The zero-order chi connectivity index (χ0) is 22.1. The van der Waals surface area contributed by atoms with E-state index in [1.54, 1.807) is 53.4 Å². The van der Waals surface area contributed by atoms with Crippen molar-refractivity contribution in [2.45, 2.75) is 12.8 Å². The van der Waals surface area contributed by atoms with Gasteiger partial charge in [0.2, 0.25) is 0 Å². The Kier molecular flexibility index (Phi) is 7.58. The van der Waals surface area contributed by atoms with Gasteiger partial charge in [-0.05, 0) is 54.8 Å². The number of nitrogens with zero attached hydrogens (tertiary/aromatic N) is 2. The first kappa shape index (κ1) is 21.8. The largest absolute Gasteiger partial charge is 0.497 e. The highest BCUT2D eigenvalue weighted by molar-refractivity contribution is 6.39. The summed E-state index contributed by atoms with van der Waals surface area (Å²) in [5.41, 5.74) is 3.29. The lowest BCUT2D eigenvalue weighted by Crippen LogP contribution is -2.32. The van der Waals surface area contributed by atoms with Crippen molar-refractivity contribution in [2.24, 2.45) is 5.10 Å². The van der Waals surface area contributed by atoms with Crippen LogP contribution >= 0.6 is 0 Å². The molecule has 0 saturated carbocycles. The summed E-state index contributed by atoms with van der Waals surface area (Å²) in [5.74, 6) is -0.648. The third-order valence-corrected chi connectivity index (χ3v) is 4.61. The molecular formula is C22H24N4O5. The highest BCUT2D eigenvalue weighted by Gasteiger charge is 2.18. The number of amides is 3. The Morgan fingerprint density at radius 1 is 1.03 bits per heavy atom. The van der Waals surface area contributed by atoms with E-state index in [4.69, 9.17) is 9.47 Å². The molecule has 1 fully saturated rings. The average molecular weight is 424 g/mol.